The summed E-state index contributed by atoms with van der Waals surface area (Å²) in [6.45, 7) is 0.227. The molecule has 0 aromatic heterocycles. The molecule has 5 nitrogen and oxygen atoms in total. The summed E-state index contributed by atoms with van der Waals surface area (Å²) in [6, 6.07) is 10.7. The molecule has 1 saturated carbocycles. The molecule has 142 valence electrons. The van der Waals surface area contributed by atoms with Crippen molar-refractivity contribution in [2.24, 2.45) is 5.92 Å². The molecule has 2 aromatic carbocycles. The van der Waals surface area contributed by atoms with Crippen LogP contribution in [-0.2, 0) is 10.0 Å². The molecule has 0 unspecified atom stereocenters. The summed E-state index contributed by atoms with van der Waals surface area (Å²) in [6.07, 6.45) is 1.11. The Morgan fingerprint density at radius 2 is 1.70 bits per heavy atom. The Hall–Kier alpha value is -2.32. The van der Waals surface area contributed by atoms with E-state index < -0.39 is 21.7 Å². The number of nitrogens with one attached hydrogen (secondary N) is 1. The van der Waals surface area contributed by atoms with E-state index in [1.54, 1.807) is 24.3 Å². The normalized spacial score (nSPS) is 24.9. The van der Waals surface area contributed by atoms with E-state index in [9.17, 15) is 22.0 Å². The van der Waals surface area contributed by atoms with Crippen LogP contribution in [0.4, 0.5) is 8.78 Å². The number of nitrogens with zero attached hydrogens (tertiary/aromatic N) is 1. The molecule has 2 aromatic rings. The van der Waals surface area contributed by atoms with Crippen molar-refractivity contribution in [2.45, 2.75) is 29.8 Å². The van der Waals surface area contributed by atoms with E-state index in [0.29, 0.717) is 24.5 Å². The number of halogens is 2. The number of hydrogen-bond donors (Lipinski definition) is 1. The summed E-state index contributed by atoms with van der Waals surface area (Å²) in [5.41, 5.74) is 0.556. The first-order chi connectivity index (χ1) is 12.8. The van der Waals surface area contributed by atoms with Gasteiger partial charge in [-0.25, -0.2) is 17.2 Å². The SMILES string of the molecule is O=C(N[C@H]1C[C@@H]2C[C@H]1CN2S(=O)(=O)c1cc(F)cc(F)c1)c1ccccc1. The maximum atomic E-state index is 13.4. The van der Waals surface area contributed by atoms with Crippen LogP contribution < -0.4 is 5.32 Å². The smallest absolute Gasteiger partial charge is 0.251 e. The number of fused-ring (bicyclic) bond motifs is 2. The largest absolute Gasteiger partial charge is 0.349 e. The molecule has 1 N–H and O–H groups in total. The van der Waals surface area contributed by atoms with Crippen LogP contribution in [0.1, 0.15) is 23.2 Å². The van der Waals surface area contributed by atoms with Crippen molar-refractivity contribution in [1.82, 2.24) is 9.62 Å². The summed E-state index contributed by atoms with van der Waals surface area (Å²) in [5.74, 6) is -2.05. The second-order valence-electron chi connectivity index (χ2n) is 7.01. The molecule has 1 aliphatic heterocycles. The van der Waals surface area contributed by atoms with Crippen molar-refractivity contribution in [1.29, 1.82) is 0 Å². The molecule has 8 heteroatoms. The lowest BCUT2D eigenvalue weighted by Gasteiger charge is -2.31. The standard InChI is InChI=1S/C19H18F2N2O3S/c20-14-7-15(21)9-17(8-14)27(25,26)23-11-13-6-16(23)10-18(13)22-19(24)12-4-2-1-3-5-12/h1-5,7-9,13,16,18H,6,10-11H2,(H,22,24)/t13-,16-,18-/m0/s1. The average molecular weight is 392 g/mol. The maximum absolute atomic E-state index is 13.4. The number of benzene rings is 2. The van der Waals surface area contributed by atoms with E-state index in [-0.39, 0.29) is 35.3 Å². The fraction of sp³-hybridized carbons (Fsp3) is 0.316. The van der Waals surface area contributed by atoms with Gasteiger partial charge in [-0.2, -0.15) is 4.31 Å². The number of hydrogen-bond acceptors (Lipinski definition) is 3. The fourth-order valence-corrected chi connectivity index (χ4v) is 5.78. The summed E-state index contributed by atoms with van der Waals surface area (Å²) in [5, 5.41) is 2.98. The molecule has 4 rings (SSSR count). The highest BCUT2D eigenvalue weighted by atomic mass is 32.2. The molecule has 0 radical (unpaired) electrons. The van der Waals surface area contributed by atoms with Gasteiger partial charge in [-0.3, -0.25) is 4.79 Å². The lowest BCUT2D eigenvalue weighted by atomic mass is 10.0. The minimum atomic E-state index is -3.98. The Morgan fingerprint density at radius 1 is 1.04 bits per heavy atom. The molecular weight excluding hydrogens is 374 g/mol. The number of sulfonamides is 1. The Morgan fingerprint density at radius 3 is 2.30 bits per heavy atom. The van der Waals surface area contributed by atoms with Crippen molar-refractivity contribution in [3.05, 3.63) is 65.7 Å². The third kappa shape index (κ3) is 3.35. The molecule has 1 amide bonds. The van der Waals surface area contributed by atoms with Crippen LogP contribution >= 0.6 is 0 Å². The minimum absolute atomic E-state index is 0.0177. The first-order valence-corrected chi connectivity index (χ1v) is 10.1. The number of rotatable bonds is 4. The van der Waals surface area contributed by atoms with Crippen molar-refractivity contribution in [3.63, 3.8) is 0 Å². The van der Waals surface area contributed by atoms with Crippen LogP contribution in [-0.4, -0.2) is 37.3 Å². The lowest BCUT2D eigenvalue weighted by Crippen LogP contribution is -2.47. The Balaban J connectivity index is 1.48. The van der Waals surface area contributed by atoms with Gasteiger partial charge in [0.1, 0.15) is 11.6 Å². The summed E-state index contributed by atoms with van der Waals surface area (Å²) < 4.78 is 53.7. The van der Waals surface area contributed by atoms with Crippen LogP contribution in [0.2, 0.25) is 0 Å². The molecule has 2 bridgehead atoms. The van der Waals surface area contributed by atoms with Crippen molar-refractivity contribution < 1.29 is 22.0 Å². The quantitative estimate of drug-likeness (QED) is 0.870. The molecule has 2 aliphatic rings. The van der Waals surface area contributed by atoms with E-state index in [4.69, 9.17) is 0 Å². The number of piperidine rings is 1. The zero-order chi connectivity index (χ0) is 19.2. The van der Waals surface area contributed by atoms with E-state index in [1.807, 2.05) is 6.07 Å². The lowest BCUT2D eigenvalue weighted by molar-refractivity contribution is 0.0919. The van der Waals surface area contributed by atoms with Crippen molar-refractivity contribution in [2.75, 3.05) is 6.54 Å². The van der Waals surface area contributed by atoms with Gasteiger partial charge in [0, 0.05) is 30.3 Å². The first kappa shape index (κ1) is 18.1. The van der Waals surface area contributed by atoms with Gasteiger partial charge in [0.2, 0.25) is 10.0 Å². The Bertz CT molecular complexity index is 961. The second kappa shape index (κ2) is 6.69. The summed E-state index contributed by atoms with van der Waals surface area (Å²) in [7, 11) is -3.98. The monoisotopic (exact) mass is 392 g/mol. The van der Waals surface area contributed by atoms with E-state index in [0.717, 1.165) is 12.1 Å². The van der Waals surface area contributed by atoms with Gasteiger partial charge in [-0.15, -0.1) is 0 Å². The van der Waals surface area contributed by atoms with Gasteiger partial charge in [0.25, 0.3) is 5.91 Å². The van der Waals surface area contributed by atoms with Gasteiger partial charge < -0.3 is 5.32 Å². The molecule has 1 saturated heterocycles. The molecule has 0 spiro atoms. The molecule has 27 heavy (non-hydrogen) atoms. The number of carbonyl (C=O) groups is 1. The van der Waals surface area contributed by atoms with Crippen LogP contribution in [0, 0.1) is 17.6 Å². The van der Waals surface area contributed by atoms with Crippen LogP contribution in [0.3, 0.4) is 0 Å². The highest BCUT2D eigenvalue weighted by molar-refractivity contribution is 7.89. The van der Waals surface area contributed by atoms with Crippen molar-refractivity contribution in [3.8, 4) is 0 Å². The fourth-order valence-electron chi connectivity index (χ4n) is 4.04. The predicted octanol–water partition coefficient (Wildman–Crippen LogP) is 2.55. The van der Waals surface area contributed by atoms with E-state index >= 15 is 0 Å². The molecule has 3 atom stereocenters. The third-order valence-corrected chi connectivity index (χ3v) is 7.18. The Kier molecular flexibility index (Phi) is 4.47. The van der Waals surface area contributed by atoms with Crippen LogP contribution in [0.5, 0.6) is 0 Å². The first-order valence-electron chi connectivity index (χ1n) is 8.68. The zero-order valence-electron chi connectivity index (χ0n) is 14.3. The zero-order valence-corrected chi connectivity index (χ0v) is 15.1. The van der Waals surface area contributed by atoms with E-state index in [1.165, 1.54) is 4.31 Å². The van der Waals surface area contributed by atoms with Gasteiger partial charge >= 0.3 is 0 Å². The summed E-state index contributed by atoms with van der Waals surface area (Å²) in [4.78, 5) is 11.9. The Labute approximate surface area is 156 Å². The number of carbonyl (C=O) groups excluding carboxylic acids is 1. The van der Waals surface area contributed by atoms with Crippen LogP contribution in [0.15, 0.2) is 53.4 Å². The highest BCUT2D eigenvalue weighted by Gasteiger charge is 2.49. The summed E-state index contributed by atoms with van der Waals surface area (Å²) >= 11 is 0. The van der Waals surface area contributed by atoms with Gasteiger partial charge in [0.15, 0.2) is 0 Å². The highest BCUT2D eigenvalue weighted by Crippen LogP contribution is 2.41. The van der Waals surface area contributed by atoms with Gasteiger partial charge in [-0.1, -0.05) is 18.2 Å². The van der Waals surface area contributed by atoms with Crippen LogP contribution in [0.25, 0.3) is 0 Å². The molecular formula is C19H18F2N2O3S. The average Bonchev–Trinajstić information content (AvgIpc) is 3.22. The minimum Gasteiger partial charge on any atom is -0.349 e. The second-order valence-corrected chi connectivity index (χ2v) is 8.90. The number of amides is 1. The van der Waals surface area contributed by atoms with E-state index in [2.05, 4.69) is 5.32 Å². The third-order valence-electron chi connectivity index (χ3n) is 5.29. The maximum Gasteiger partial charge on any atom is 0.251 e. The predicted molar refractivity (Wildman–Crippen MR) is 94.5 cm³/mol. The van der Waals surface area contributed by atoms with Crippen molar-refractivity contribution >= 4 is 15.9 Å². The van der Waals surface area contributed by atoms with Gasteiger partial charge in [0.05, 0.1) is 4.90 Å². The molecule has 2 fully saturated rings. The molecule has 1 heterocycles. The topological polar surface area (TPSA) is 66.5 Å². The molecule has 1 aliphatic carbocycles. The van der Waals surface area contributed by atoms with Gasteiger partial charge in [-0.05, 0) is 43.0 Å².